The number of halogens is 1. The molecule has 1 aromatic carbocycles. The van der Waals surface area contributed by atoms with Crippen LogP contribution in [0.25, 0.3) is 11.4 Å². The van der Waals surface area contributed by atoms with Gasteiger partial charge < -0.3 is 9.64 Å². The third-order valence-corrected chi connectivity index (χ3v) is 5.44. The monoisotopic (exact) mass is 423 g/mol. The van der Waals surface area contributed by atoms with Crippen molar-refractivity contribution in [3.63, 3.8) is 0 Å². The smallest absolute Gasteiger partial charge is 0.254 e. The lowest BCUT2D eigenvalue weighted by Gasteiger charge is -2.23. The van der Waals surface area contributed by atoms with E-state index in [1.807, 2.05) is 23.9 Å². The van der Waals surface area contributed by atoms with Crippen LogP contribution in [0.15, 0.2) is 48.9 Å². The minimum atomic E-state index is -0.467. The van der Waals surface area contributed by atoms with E-state index in [1.165, 1.54) is 12.1 Å². The van der Waals surface area contributed by atoms with Crippen LogP contribution in [-0.2, 0) is 11.2 Å². The zero-order chi connectivity index (χ0) is 21.6. The molecule has 1 fully saturated rings. The second kappa shape index (κ2) is 9.78. The number of amides is 1. The number of carbonyl (C=O) groups is 1. The van der Waals surface area contributed by atoms with Gasteiger partial charge in [-0.05, 0) is 56.5 Å². The highest BCUT2D eigenvalue weighted by atomic mass is 19.1. The van der Waals surface area contributed by atoms with Gasteiger partial charge in [-0.1, -0.05) is 0 Å². The number of ether oxygens (including phenoxy) is 1. The summed E-state index contributed by atoms with van der Waals surface area (Å²) < 4.78 is 21.6. The van der Waals surface area contributed by atoms with Crippen molar-refractivity contribution in [1.29, 1.82) is 0 Å². The Morgan fingerprint density at radius 2 is 2.10 bits per heavy atom. The molecule has 162 valence electrons. The summed E-state index contributed by atoms with van der Waals surface area (Å²) in [4.78, 5) is 23.4. The van der Waals surface area contributed by atoms with Crippen molar-refractivity contribution in [2.45, 2.75) is 38.8 Å². The van der Waals surface area contributed by atoms with Crippen LogP contribution in [0.3, 0.4) is 0 Å². The van der Waals surface area contributed by atoms with E-state index >= 15 is 0 Å². The molecule has 3 aromatic rings. The Labute approximate surface area is 180 Å². The summed E-state index contributed by atoms with van der Waals surface area (Å²) in [6, 6.07) is 7.79. The van der Waals surface area contributed by atoms with Gasteiger partial charge in [-0.3, -0.25) is 4.79 Å². The Bertz CT molecular complexity index is 1020. The summed E-state index contributed by atoms with van der Waals surface area (Å²) in [7, 11) is 0. The summed E-state index contributed by atoms with van der Waals surface area (Å²) in [6.45, 7) is 3.64. The maximum Gasteiger partial charge on any atom is 0.254 e. The van der Waals surface area contributed by atoms with Crippen LogP contribution in [0.4, 0.5) is 4.39 Å². The highest BCUT2D eigenvalue weighted by Crippen LogP contribution is 2.24. The number of aromatic nitrogens is 4. The zero-order valence-corrected chi connectivity index (χ0v) is 17.6. The molecule has 0 bridgehead atoms. The van der Waals surface area contributed by atoms with E-state index in [0.717, 1.165) is 31.6 Å². The van der Waals surface area contributed by atoms with Gasteiger partial charge in [-0.2, -0.15) is 5.10 Å². The van der Waals surface area contributed by atoms with Crippen LogP contribution < -0.4 is 0 Å². The first-order valence-electron chi connectivity index (χ1n) is 10.7. The van der Waals surface area contributed by atoms with Gasteiger partial charge in [0.1, 0.15) is 12.0 Å². The SMILES string of the molecule is CCN(CCc1ccn(C2CCCCO2)n1)C(=O)c1cc(F)ccc1-c1ncccn1. The predicted octanol–water partition coefficient (Wildman–Crippen LogP) is 3.88. The highest BCUT2D eigenvalue weighted by Gasteiger charge is 2.21. The van der Waals surface area contributed by atoms with Crippen molar-refractivity contribution in [1.82, 2.24) is 24.6 Å². The lowest BCUT2D eigenvalue weighted by atomic mass is 10.0. The molecule has 1 amide bonds. The van der Waals surface area contributed by atoms with Crippen LogP contribution in [-0.4, -0.2) is 50.3 Å². The van der Waals surface area contributed by atoms with E-state index in [-0.39, 0.29) is 17.7 Å². The van der Waals surface area contributed by atoms with E-state index in [0.29, 0.717) is 30.9 Å². The predicted molar refractivity (Wildman–Crippen MR) is 114 cm³/mol. The summed E-state index contributed by atoms with van der Waals surface area (Å²) in [5.41, 5.74) is 1.67. The normalized spacial score (nSPS) is 16.3. The molecule has 7 nitrogen and oxygen atoms in total. The summed E-state index contributed by atoms with van der Waals surface area (Å²) in [5.74, 6) is -0.321. The molecule has 8 heteroatoms. The first-order chi connectivity index (χ1) is 15.2. The Morgan fingerprint density at radius 3 is 2.84 bits per heavy atom. The van der Waals surface area contributed by atoms with Gasteiger partial charge in [-0.25, -0.2) is 19.0 Å². The largest absolute Gasteiger partial charge is 0.357 e. The van der Waals surface area contributed by atoms with Gasteiger partial charge in [0.05, 0.1) is 11.3 Å². The van der Waals surface area contributed by atoms with Crippen molar-refractivity contribution in [3.8, 4) is 11.4 Å². The van der Waals surface area contributed by atoms with Crippen molar-refractivity contribution >= 4 is 5.91 Å². The number of likely N-dealkylation sites (N-methyl/N-ethyl adjacent to an activating group) is 1. The Morgan fingerprint density at radius 1 is 1.26 bits per heavy atom. The lowest BCUT2D eigenvalue weighted by Crippen LogP contribution is -2.33. The van der Waals surface area contributed by atoms with E-state index in [2.05, 4.69) is 15.1 Å². The summed E-state index contributed by atoms with van der Waals surface area (Å²) >= 11 is 0. The molecule has 31 heavy (non-hydrogen) atoms. The van der Waals surface area contributed by atoms with Crippen molar-refractivity contribution in [2.24, 2.45) is 0 Å². The molecular formula is C23H26FN5O2. The van der Waals surface area contributed by atoms with Crippen molar-refractivity contribution in [3.05, 3.63) is 66.0 Å². The molecule has 0 aliphatic carbocycles. The molecule has 0 spiro atoms. The quantitative estimate of drug-likeness (QED) is 0.577. The minimum Gasteiger partial charge on any atom is -0.357 e. The van der Waals surface area contributed by atoms with Crippen molar-refractivity contribution < 1.29 is 13.9 Å². The van der Waals surface area contributed by atoms with E-state index < -0.39 is 5.82 Å². The molecule has 1 atom stereocenters. The number of carbonyl (C=O) groups excluding carboxylic acids is 1. The fourth-order valence-electron chi connectivity index (χ4n) is 3.75. The fourth-order valence-corrected chi connectivity index (χ4v) is 3.75. The first-order valence-corrected chi connectivity index (χ1v) is 10.7. The molecule has 0 radical (unpaired) electrons. The second-order valence-electron chi connectivity index (χ2n) is 7.51. The number of rotatable bonds is 7. The summed E-state index contributed by atoms with van der Waals surface area (Å²) in [6.07, 6.45) is 8.92. The second-order valence-corrected chi connectivity index (χ2v) is 7.51. The molecule has 1 aliphatic heterocycles. The van der Waals surface area contributed by atoms with Crippen LogP contribution in [0.1, 0.15) is 48.5 Å². The van der Waals surface area contributed by atoms with Gasteiger partial charge in [0.25, 0.3) is 5.91 Å². The minimum absolute atomic E-state index is 0.00728. The lowest BCUT2D eigenvalue weighted by molar-refractivity contribution is -0.0396. The third-order valence-electron chi connectivity index (χ3n) is 5.44. The molecule has 4 rings (SSSR count). The molecule has 1 unspecified atom stereocenters. The standard InChI is InChI=1S/C23H26FN5O2/c1-2-28(13-9-18-10-14-29(27-18)21-6-3-4-15-31-21)23(30)20-16-17(24)7-8-19(20)22-25-11-5-12-26-22/h5,7-8,10-12,14,16,21H,2-4,6,9,13,15H2,1H3. The maximum absolute atomic E-state index is 14.0. The highest BCUT2D eigenvalue weighted by molar-refractivity contribution is 6.00. The molecular weight excluding hydrogens is 397 g/mol. The van der Waals surface area contributed by atoms with Crippen LogP contribution in [0.5, 0.6) is 0 Å². The molecule has 2 aromatic heterocycles. The average molecular weight is 423 g/mol. The number of hydrogen-bond donors (Lipinski definition) is 0. The zero-order valence-electron chi connectivity index (χ0n) is 17.6. The van der Waals surface area contributed by atoms with Gasteiger partial charge in [0.2, 0.25) is 0 Å². The van der Waals surface area contributed by atoms with Gasteiger partial charge in [0.15, 0.2) is 5.82 Å². The van der Waals surface area contributed by atoms with E-state index in [9.17, 15) is 9.18 Å². The number of hydrogen-bond acceptors (Lipinski definition) is 5. The van der Waals surface area contributed by atoms with Crippen molar-refractivity contribution in [2.75, 3.05) is 19.7 Å². The number of nitrogens with zero attached hydrogens (tertiary/aromatic N) is 5. The Balaban J connectivity index is 1.48. The van der Waals surface area contributed by atoms with E-state index in [4.69, 9.17) is 4.74 Å². The number of benzene rings is 1. The van der Waals surface area contributed by atoms with Gasteiger partial charge in [0, 0.05) is 50.3 Å². The molecule has 0 saturated carbocycles. The van der Waals surface area contributed by atoms with Crippen LogP contribution >= 0.6 is 0 Å². The summed E-state index contributed by atoms with van der Waals surface area (Å²) in [5, 5.41) is 4.63. The molecule has 1 aliphatic rings. The van der Waals surface area contributed by atoms with Gasteiger partial charge in [-0.15, -0.1) is 0 Å². The van der Waals surface area contributed by atoms with Crippen LogP contribution in [0, 0.1) is 5.82 Å². The Hall–Kier alpha value is -3.13. The molecule has 0 N–H and O–H groups in total. The molecule has 3 heterocycles. The van der Waals surface area contributed by atoms with Gasteiger partial charge >= 0.3 is 0 Å². The first kappa shape index (κ1) is 21.1. The van der Waals surface area contributed by atoms with Crippen LogP contribution in [0.2, 0.25) is 0 Å². The maximum atomic E-state index is 14.0. The topological polar surface area (TPSA) is 73.1 Å². The molecule has 1 saturated heterocycles. The Kier molecular flexibility index (Phi) is 6.66. The van der Waals surface area contributed by atoms with E-state index in [1.54, 1.807) is 29.4 Å². The fraction of sp³-hybridized carbons (Fsp3) is 0.391. The third kappa shape index (κ3) is 4.96. The average Bonchev–Trinajstić information content (AvgIpc) is 3.29.